The topological polar surface area (TPSA) is 50.7 Å². The van der Waals surface area contributed by atoms with Crippen LogP contribution in [0, 0.1) is 0 Å². The van der Waals surface area contributed by atoms with Crippen LogP contribution < -0.4 is 5.32 Å². The Balaban J connectivity index is 1.75. The first-order valence-corrected chi connectivity index (χ1v) is 4.96. The third-order valence-corrected chi connectivity index (χ3v) is 2.72. The monoisotopic (exact) mass is 187 g/mol. The molecule has 4 heteroatoms. The number of hydrogen-bond acceptors (Lipinski definition) is 4. The minimum absolute atomic E-state index is 0.128. The van der Waals surface area contributed by atoms with E-state index in [2.05, 4.69) is 5.32 Å². The molecule has 0 bridgehead atoms. The zero-order valence-electron chi connectivity index (χ0n) is 7.74. The molecule has 2 heterocycles. The number of aliphatic hydroxyl groups is 1. The molecule has 13 heavy (non-hydrogen) atoms. The molecular formula is C9H17NO3. The smallest absolute Gasteiger partial charge is 0.0948 e. The van der Waals surface area contributed by atoms with Crippen molar-refractivity contribution in [1.29, 1.82) is 0 Å². The van der Waals surface area contributed by atoms with Crippen molar-refractivity contribution < 1.29 is 14.6 Å². The summed E-state index contributed by atoms with van der Waals surface area (Å²) in [5.74, 6) is 0. The summed E-state index contributed by atoms with van der Waals surface area (Å²) in [5.41, 5.74) is 0. The lowest BCUT2D eigenvalue weighted by Crippen LogP contribution is -2.46. The highest BCUT2D eigenvalue weighted by molar-refractivity contribution is 4.84. The Morgan fingerprint density at radius 2 is 1.85 bits per heavy atom. The van der Waals surface area contributed by atoms with Gasteiger partial charge in [0, 0.05) is 19.3 Å². The number of hydrogen-bond donors (Lipinski definition) is 2. The molecule has 0 radical (unpaired) electrons. The van der Waals surface area contributed by atoms with E-state index in [1.807, 2.05) is 0 Å². The lowest BCUT2D eigenvalue weighted by molar-refractivity contribution is 0.0676. The minimum atomic E-state index is -0.331. The first-order valence-electron chi connectivity index (χ1n) is 4.96. The third-order valence-electron chi connectivity index (χ3n) is 2.72. The van der Waals surface area contributed by atoms with Gasteiger partial charge in [-0.3, -0.25) is 0 Å². The van der Waals surface area contributed by atoms with Gasteiger partial charge in [-0.15, -0.1) is 0 Å². The van der Waals surface area contributed by atoms with Crippen molar-refractivity contribution >= 4 is 0 Å². The number of ether oxygens (including phenoxy) is 2. The highest BCUT2D eigenvalue weighted by atomic mass is 16.5. The fraction of sp³-hybridized carbons (Fsp3) is 1.00. The van der Waals surface area contributed by atoms with Crippen LogP contribution in [-0.2, 0) is 9.47 Å². The molecule has 2 aliphatic rings. The molecule has 0 amide bonds. The summed E-state index contributed by atoms with van der Waals surface area (Å²) >= 11 is 0. The second-order valence-electron chi connectivity index (χ2n) is 3.76. The Labute approximate surface area is 78.2 Å². The molecule has 4 nitrogen and oxygen atoms in total. The van der Waals surface area contributed by atoms with Crippen molar-refractivity contribution in [2.45, 2.75) is 31.0 Å². The van der Waals surface area contributed by atoms with Crippen molar-refractivity contribution in [2.24, 2.45) is 0 Å². The molecule has 0 aromatic rings. The second-order valence-corrected chi connectivity index (χ2v) is 3.76. The van der Waals surface area contributed by atoms with E-state index in [0.29, 0.717) is 19.3 Å². The van der Waals surface area contributed by atoms with Gasteiger partial charge in [-0.25, -0.2) is 0 Å². The Morgan fingerprint density at radius 3 is 2.46 bits per heavy atom. The number of rotatable bonds is 2. The van der Waals surface area contributed by atoms with E-state index >= 15 is 0 Å². The van der Waals surface area contributed by atoms with Gasteiger partial charge in [-0.2, -0.15) is 0 Å². The second kappa shape index (κ2) is 4.37. The lowest BCUT2D eigenvalue weighted by atomic mass is 10.1. The summed E-state index contributed by atoms with van der Waals surface area (Å²) in [6.45, 7) is 2.78. The molecule has 0 saturated carbocycles. The van der Waals surface area contributed by atoms with Gasteiger partial charge in [0.15, 0.2) is 0 Å². The molecule has 2 aliphatic heterocycles. The summed E-state index contributed by atoms with van der Waals surface area (Å²) < 4.78 is 10.4. The summed E-state index contributed by atoms with van der Waals surface area (Å²) in [5, 5.41) is 12.9. The molecule has 2 atom stereocenters. The predicted molar refractivity (Wildman–Crippen MR) is 47.6 cm³/mol. The maximum atomic E-state index is 9.50. The highest BCUT2D eigenvalue weighted by Crippen LogP contribution is 2.11. The van der Waals surface area contributed by atoms with Gasteiger partial charge >= 0.3 is 0 Å². The van der Waals surface area contributed by atoms with E-state index in [-0.39, 0.29) is 12.1 Å². The third kappa shape index (κ3) is 2.40. The van der Waals surface area contributed by atoms with E-state index < -0.39 is 0 Å². The summed E-state index contributed by atoms with van der Waals surface area (Å²) in [7, 11) is 0. The lowest BCUT2D eigenvalue weighted by Gasteiger charge is -2.27. The van der Waals surface area contributed by atoms with E-state index in [0.717, 1.165) is 26.1 Å². The van der Waals surface area contributed by atoms with Crippen LogP contribution in [0.5, 0.6) is 0 Å². The predicted octanol–water partition coefficient (Wildman–Crippen LogP) is -0.485. The van der Waals surface area contributed by atoms with Crippen LogP contribution in [0.15, 0.2) is 0 Å². The fourth-order valence-corrected chi connectivity index (χ4v) is 1.87. The standard InChI is InChI=1S/C9H17NO3/c11-9-6-13-5-8(9)10-7-1-3-12-4-2-7/h7-11H,1-6H2/t8-,9-/m0/s1. The maximum Gasteiger partial charge on any atom is 0.0948 e. The SMILES string of the molecule is O[C@H]1COC[C@@H]1NC1CCOCC1. The molecular weight excluding hydrogens is 170 g/mol. The summed E-state index contributed by atoms with van der Waals surface area (Å²) in [6.07, 6.45) is 1.76. The zero-order valence-corrected chi connectivity index (χ0v) is 7.74. The Morgan fingerprint density at radius 1 is 1.08 bits per heavy atom. The molecule has 0 unspecified atom stereocenters. The van der Waals surface area contributed by atoms with E-state index in [4.69, 9.17) is 9.47 Å². The van der Waals surface area contributed by atoms with Crippen molar-refractivity contribution in [1.82, 2.24) is 5.32 Å². The molecule has 0 spiro atoms. The van der Waals surface area contributed by atoms with Crippen LogP contribution in [0.1, 0.15) is 12.8 Å². The highest BCUT2D eigenvalue weighted by Gasteiger charge is 2.28. The molecule has 2 fully saturated rings. The van der Waals surface area contributed by atoms with Crippen LogP contribution in [-0.4, -0.2) is 49.7 Å². The van der Waals surface area contributed by atoms with Gasteiger partial charge in [0.1, 0.15) is 0 Å². The van der Waals surface area contributed by atoms with Crippen LogP contribution in [0.4, 0.5) is 0 Å². The molecule has 0 aromatic carbocycles. The summed E-state index contributed by atoms with van der Waals surface area (Å²) in [6, 6.07) is 0.623. The largest absolute Gasteiger partial charge is 0.389 e. The molecule has 2 rings (SSSR count). The van der Waals surface area contributed by atoms with Gasteiger partial charge in [0.05, 0.1) is 25.4 Å². The van der Waals surface area contributed by atoms with Crippen molar-refractivity contribution in [3.63, 3.8) is 0 Å². The first-order chi connectivity index (χ1) is 6.36. The van der Waals surface area contributed by atoms with Gasteiger partial charge in [-0.05, 0) is 12.8 Å². The van der Waals surface area contributed by atoms with E-state index in [9.17, 15) is 5.11 Å². The van der Waals surface area contributed by atoms with Crippen LogP contribution in [0.25, 0.3) is 0 Å². The normalized spacial score (nSPS) is 36.7. The van der Waals surface area contributed by atoms with Gasteiger partial charge in [-0.1, -0.05) is 0 Å². The number of aliphatic hydroxyl groups excluding tert-OH is 1. The van der Waals surface area contributed by atoms with Gasteiger partial charge < -0.3 is 19.9 Å². The maximum absolute atomic E-state index is 9.50. The summed E-state index contributed by atoms with van der Waals surface area (Å²) in [4.78, 5) is 0. The van der Waals surface area contributed by atoms with Crippen molar-refractivity contribution in [3.8, 4) is 0 Å². The first kappa shape index (κ1) is 9.40. The average Bonchev–Trinajstić information content (AvgIpc) is 2.54. The molecule has 2 N–H and O–H groups in total. The van der Waals surface area contributed by atoms with Crippen LogP contribution in [0.2, 0.25) is 0 Å². The Hall–Kier alpha value is -0.160. The molecule has 2 saturated heterocycles. The van der Waals surface area contributed by atoms with E-state index in [1.54, 1.807) is 0 Å². The zero-order chi connectivity index (χ0) is 9.10. The van der Waals surface area contributed by atoms with Crippen molar-refractivity contribution in [2.75, 3.05) is 26.4 Å². The van der Waals surface area contributed by atoms with Crippen molar-refractivity contribution in [3.05, 3.63) is 0 Å². The Bertz CT molecular complexity index is 159. The fourth-order valence-electron chi connectivity index (χ4n) is 1.87. The molecule has 76 valence electrons. The molecule has 0 aromatic heterocycles. The molecule has 0 aliphatic carbocycles. The minimum Gasteiger partial charge on any atom is -0.389 e. The van der Waals surface area contributed by atoms with Gasteiger partial charge in [0.2, 0.25) is 0 Å². The average molecular weight is 187 g/mol. The van der Waals surface area contributed by atoms with Gasteiger partial charge in [0.25, 0.3) is 0 Å². The van der Waals surface area contributed by atoms with E-state index in [1.165, 1.54) is 0 Å². The van der Waals surface area contributed by atoms with Crippen LogP contribution >= 0.6 is 0 Å². The van der Waals surface area contributed by atoms with Crippen LogP contribution in [0.3, 0.4) is 0 Å². The Kier molecular flexibility index (Phi) is 3.16. The number of nitrogens with one attached hydrogen (secondary N) is 1. The quantitative estimate of drug-likeness (QED) is 0.613.